The van der Waals surface area contributed by atoms with Crippen LogP contribution >= 0.6 is 7.37 Å². The molecule has 3 aromatic carbocycles. The minimum Gasteiger partial charge on any atom is -0.505 e. The smallest absolute Gasteiger partial charge is 0.209 e. The van der Waals surface area contributed by atoms with Gasteiger partial charge in [0, 0.05) is 35.8 Å². The van der Waals surface area contributed by atoms with Gasteiger partial charge in [-0.2, -0.15) is 0 Å². The third kappa shape index (κ3) is 4.68. The fraction of sp³-hybridized carbons (Fsp3) is 0.148. The van der Waals surface area contributed by atoms with Gasteiger partial charge < -0.3 is 19.7 Å². The highest BCUT2D eigenvalue weighted by Gasteiger charge is 2.28. The number of hydrogen-bond donors (Lipinski definition) is 3. The summed E-state index contributed by atoms with van der Waals surface area (Å²) in [4.78, 5) is 15.3. The number of phenolic OH excluding ortho intramolecular Hbond substituents is 1. The molecule has 0 bridgehead atoms. The van der Waals surface area contributed by atoms with E-state index in [0.29, 0.717) is 28.3 Å². The SMILES string of the molecule is Cn1cc2c(CP(=O)(O)Cc3c(F)cccc3F)c3cc(Cc4ccc(F)cc4)cnc3c(O)c2c1O. The molecule has 0 amide bonds. The molecule has 0 saturated carbocycles. The Labute approximate surface area is 209 Å². The number of aromatic nitrogens is 2. The molecule has 6 nitrogen and oxygen atoms in total. The molecule has 0 aliphatic heterocycles. The van der Waals surface area contributed by atoms with E-state index in [2.05, 4.69) is 4.98 Å². The van der Waals surface area contributed by atoms with Gasteiger partial charge in [0.2, 0.25) is 13.2 Å². The maximum Gasteiger partial charge on any atom is 0.209 e. The number of nitrogens with zero attached hydrogens (tertiary/aromatic N) is 2. The average Bonchev–Trinajstić information content (AvgIpc) is 3.15. The van der Waals surface area contributed by atoms with Crippen LogP contribution in [0.3, 0.4) is 0 Å². The molecule has 5 aromatic rings. The van der Waals surface area contributed by atoms with E-state index in [4.69, 9.17) is 0 Å². The summed E-state index contributed by atoms with van der Waals surface area (Å²) in [5.74, 6) is -2.77. The number of aryl methyl sites for hydroxylation is 1. The van der Waals surface area contributed by atoms with Gasteiger partial charge in [0.25, 0.3) is 0 Å². The molecule has 0 spiro atoms. The first kappa shape index (κ1) is 24.9. The molecule has 0 aliphatic rings. The van der Waals surface area contributed by atoms with Crippen LogP contribution in [0.25, 0.3) is 21.7 Å². The van der Waals surface area contributed by atoms with Gasteiger partial charge in [-0.1, -0.05) is 18.2 Å². The summed E-state index contributed by atoms with van der Waals surface area (Å²) >= 11 is 0. The minimum atomic E-state index is -4.23. The van der Waals surface area contributed by atoms with Crippen LogP contribution in [-0.4, -0.2) is 24.7 Å². The second-order valence-corrected chi connectivity index (χ2v) is 11.4. The standard InChI is InChI=1S/C27H22F3N2O4P/c1-32-12-19-20(13-37(35,36)14-21-22(29)3-2-4-23(21)30)18-10-16(9-15-5-7-17(28)8-6-15)11-31-25(18)26(33)24(19)27(32)34/h2-8,10-12,33-34H,9,13-14H2,1H3,(H,35,36). The summed E-state index contributed by atoms with van der Waals surface area (Å²) in [6.07, 6.45) is 2.18. The maximum atomic E-state index is 14.2. The van der Waals surface area contributed by atoms with Crippen molar-refractivity contribution in [1.82, 2.24) is 9.55 Å². The molecule has 0 saturated heterocycles. The van der Waals surface area contributed by atoms with Gasteiger partial charge in [-0.25, -0.2) is 13.2 Å². The van der Waals surface area contributed by atoms with Crippen LogP contribution in [0.4, 0.5) is 13.2 Å². The Balaban J connectivity index is 1.66. The molecule has 190 valence electrons. The minimum absolute atomic E-state index is 0.0563. The molecule has 1 unspecified atom stereocenters. The predicted octanol–water partition coefficient (Wildman–Crippen LogP) is 6.12. The lowest BCUT2D eigenvalue weighted by atomic mass is 9.99. The number of hydrogen-bond acceptors (Lipinski definition) is 4. The first-order valence-electron chi connectivity index (χ1n) is 11.3. The fourth-order valence-corrected chi connectivity index (χ4v) is 6.35. The summed E-state index contributed by atoms with van der Waals surface area (Å²) in [6, 6.07) is 10.8. The molecule has 10 heteroatoms. The molecule has 0 fully saturated rings. The number of pyridine rings is 1. The van der Waals surface area contributed by atoms with Crippen LogP contribution in [-0.2, 0) is 30.4 Å². The first-order chi connectivity index (χ1) is 17.5. The highest BCUT2D eigenvalue weighted by Crippen LogP contribution is 2.53. The second-order valence-electron chi connectivity index (χ2n) is 9.09. The van der Waals surface area contributed by atoms with E-state index in [1.54, 1.807) is 25.2 Å². The third-order valence-corrected chi connectivity index (χ3v) is 8.02. The van der Waals surface area contributed by atoms with E-state index in [9.17, 15) is 32.8 Å². The molecular weight excluding hydrogens is 504 g/mol. The van der Waals surface area contributed by atoms with Crippen molar-refractivity contribution in [3.8, 4) is 11.6 Å². The monoisotopic (exact) mass is 526 g/mol. The Morgan fingerprint density at radius 1 is 0.919 bits per heavy atom. The van der Waals surface area contributed by atoms with Gasteiger partial charge in [-0.3, -0.25) is 9.55 Å². The van der Waals surface area contributed by atoms with Crippen molar-refractivity contribution < 1.29 is 32.8 Å². The number of benzene rings is 3. The zero-order valence-electron chi connectivity index (χ0n) is 19.6. The topological polar surface area (TPSA) is 95.6 Å². The highest BCUT2D eigenvalue weighted by molar-refractivity contribution is 7.56. The van der Waals surface area contributed by atoms with E-state index in [0.717, 1.165) is 17.7 Å². The summed E-state index contributed by atoms with van der Waals surface area (Å²) in [5.41, 5.74) is 1.40. The van der Waals surface area contributed by atoms with Crippen LogP contribution in [0.15, 0.2) is 60.9 Å². The Kier molecular flexibility index (Phi) is 6.22. The molecule has 2 aromatic heterocycles. The van der Waals surface area contributed by atoms with Crippen LogP contribution in [0, 0.1) is 17.5 Å². The molecule has 2 heterocycles. The summed E-state index contributed by atoms with van der Waals surface area (Å²) in [6.45, 7) is 0. The molecule has 3 N–H and O–H groups in total. The van der Waals surface area contributed by atoms with Crippen molar-refractivity contribution in [2.24, 2.45) is 7.05 Å². The zero-order valence-corrected chi connectivity index (χ0v) is 20.5. The van der Waals surface area contributed by atoms with Gasteiger partial charge in [0.05, 0.1) is 17.7 Å². The Bertz CT molecular complexity index is 1700. The highest BCUT2D eigenvalue weighted by atomic mass is 31.2. The Morgan fingerprint density at radius 3 is 2.24 bits per heavy atom. The lowest BCUT2D eigenvalue weighted by molar-refractivity contribution is 0.432. The molecule has 0 aliphatic carbocycles. The molecule has 1 atom stereocenters. The lowest BCUT2D eigenvalue weighted by Gasteiger charge is -2.17. The van der Waals surface area contributed by atoms with Crippen molar-refractivity contribution in [2.45, 2.75) is 18.7 Å². The van der Waals surface area contributed by atoms with E-state index < -0.39 is 36.9 Å². The van der Waals surface area contributed by atoms with Crippen molar-refractivity contribution in [3.05, 3.63) is 101 Å². The maximum absolute atomic E-state index is 14.2. The van der Waals surface area contributed by atoms with Crippen LogP contribution < -0.4 is 0 Å². The molecule has 5 rings (SSSR count). The van der Waals surface area contributed by atoms with Gasteiger partial charge in [0.1, 0.15) is 23.0 Å². The van der Waals surface area contributed by atoms with E-state index >= 15 is 0 Å². The third-order valence-electron chi connectivity index (χ3n) is 6.40. The first-order valence-corrected chi connectivity index (χ1v) is 13.4. The van der Waals surface area contributed by atoms with Crippen molar-refractivity contribution in [2.75, 3.05) is 0 Å². The summed E-state index contributed by atoms with van der Waals surface area (Å²) in [7, 11) is -2.68. The van der Waals surface area contributed by atoms with Crippen molar-refractivity contribution in [1.29, 1.82) is 0 Å². The molecule has 0 radical (unpaired) electrons. The van der Waals surface area contributed by atoms with E-state index in [-0.39, 0.29) is 28.3 Å². The van der Waals surface area contributed by atoms with Crippen LogP contribution in [0.1, 0.15) is 22.3 Å². The second kappa shape index (κ2) is 9.25. The Hall–Kier alpha value is -3.81. The van der Waals surface area contributed by atoms with Gasteiger partial charge in [0.15, 0.2) is 5.75 Å². The molecule has 37 heavy (non-hydrogen) atoms. The quantitative estimate of drug-likeness (QED) is 0.232. The molecular formula is C27H22F3N2O4P. The van der Waals surface area contributed by atoms with Gasteiger partial charge in [-0.05, 0) is 53.4 Å². The number of halogens is 3. The number of aromatic hydroxyl groups is 2. The number of phenols is 1. The number of rotatable bonds is 6. The van der Waals surface area contributed by atoms with Crippen LogP contribution in [0.5, 0.6) is 11.6 Å². The normalized spacial score (nSPS) is 13.3. The lowest BCUT2D eigenvalue weighted by Crippen LogP contribution is -2.00. The zero-order chi connectivity index (χ0) is 26.5. The average molecular weight is 526 g/mol. The summed E-state index contributed by atoms with van der Waals surface area (Å²) < 4.78 is 56.5. The number of fused-ring (bicyclic) bond motifs is 2. The Morgan fingerprint density at radius 2 is 1.57 bits per heavy atom. The van der Waals surface area contributed by atoms with E-state index in [1.165, 1.54) is 35.2 Å². The van der Waals surface area contributed by atoms with E-state index in [1.807, 2.05) is 0 Å². The van der Waals surface area contributed by atoms with Crippen molar-refractivity contribution >= 4 is 29.0 Å². The predicted molar refractivity (Wildman–Crippen MR) is 134 cm³/mol. The van der Waals surface area contributed by atoms with Gasteiger partial charge in [-0.15, -0.1) is 0 Å². The summed E-state index contributed by atoms with van der Waals surface area (Å²) in [5, 5.41) is 22.2. The van der Waals surface area contributed by atoms with Crippen LogP contribution in [0.2, 0.25) is 0 Å². The fourth-order valence-electron chi connectivity index (χ4n) is 4.61. The largest absolute Gasteiger partial charge is 0.505 e. The van der Waals surface area contributed by atoms with Crippen molar-refractivity contribution in [3.63, 3.8) is 0 Å². The van der Waals surface area contributed by atoms with Gasteiger partial charge >= 0.3 is 0 Å².